The van der Waals surface area contributed by atoms with Crippen molar-refractivity contribution in [1.82, 2.24) is 0 Å². The molecule has 6 heteroatoms. The molecule has 156 valence electrons. The van der Waals surface area contributed by atoms with Crippen LogP contribution in [-0.4, -0.2) is 41.0 Å². The first-order valence-electron chi connectivity index (χ1n) is 10.5. The zero-order valence-corrected chi connectivity index (χ0v) is 16.3. The molecule has 0 radical (unpaired) electrons. The van der Waals surface area contributed by atoms with Gasteiger partial charge in [-0.1, -0.05) is 49.6 Å². The van der Waals surface area contributed by atoms with Crippen molar-refractivity contribution < 1.29 is 28.6 Å². The minimum atomic E-state index is -1.61. The molecule has 3 aliphatic rings. The van der Waals surface area contributed by atoms with Gasteiger partial charge < -0.3 is 14.6 Å². The van der Waals surface area contributed by atoms with Crippen molar-refractivity contribution in [3.05, 3.63) is 48.0 Å². The Bertz CT molecular complexity index is 771. The highest BCUT2D eigenvalue weighted by molar-refractivity contribution is 5.89. The Hall–Kier alpha value is -2.21. The van der Waals surface area contributed by atoms with Crippen molar-refractivity contribution in [1.29, 1.82) is 0 Å². The number of rotatable bonds is 5. The summed E-state index contributed by atoms with van der Waals surface area (Å²) >= 11 is 0. The summed E-state index contributed by atoms with van der Waals surface area (Å²) in [5.41, 5.74) is -1.15. The number of fused-ring (bicyclic) bond motifs is 1. The van der Waals surface area contributed by atoms with Gasteiger partial charge in [0.2, 0.25) is 0 Å². The summed E-state index contributed by atoms with van der Waals surface area (Å²) in [7, 11) is 0. The lowest BCUT2D eigenvalue weighted by atomic mass is 9.81. The van der Waals surface area contributed by atoms with Crippen LogP contribution in [0.2, 0.25) is 0 Å². The van der Waals surface area contributed by atoms with Crippen LogP contribution in [0, 0.1) is 11.8 Å². The van der Waals surface area contributed by atoms with E-state index in [9.17, 15) is 14.7 Å². The fourth-order valence-corrected chi connectivity index (χ4v) is 4.91. The monoisotopic (exact) mass is 402 g/mol. The van der Waals surface area contributed by atoms with E-state index in [4.69, 9.17) is 9.47 Å². The van der Waals surface area contributed by atoms with Gasteiger partial charge in [0, 0.05) is 18.3 Å². The van der Waals surface area contributed by atoms with Crippen molar-refractivity contribution in [2.75, 3.05) is 0 Å². The first-order chi connectivity index (χ1) is 14.0. The van der Waals surface area contributed by atoms with Gasteiger partial charge in [-0.15, -0.1) is 0 Å². The molecule has 29 heavy (non-hydrogen) atoms. The van der Waals surface area contributed by atoms with Gasteiger partial charge in [0.1, 0.15) is 24.0 Å². The van der Waals surface area contributed by atoms with Crippen LogP contribution in [0.5, 0.6) is 0 Å². The first-order valence-corrected chi connectivity index (χ1v) is 10.5. The second-order valence-electron chi connectivity index (χ2n) is 8.44. The fraction of sp³-hybridized carbons (Fsp3) is 0.565. The Morgan fingerprint density at radius 3 is 2.69 bits per heavy atom. The first kappa shape index (κ1) is 20.1. The smallest absolute Gasteiger partial charge is 0.338 e. The molecule has 0 bridgehead atoms. The normalized spacial score (nSPS) is 32.0. The van der Waals surface area contributed by atoms with Crippen molar-refractivity contribution in [3.63, 3.8) is 0 Å². The van der Waals surface area contributed by atoms with Gasteiger partial charge >= 0.3 is 11.9 Å². The topological polar surface area (TPSA) is 72.8 Å². The fourth-order valence-electron chi connectivity index (χ4n) is 4.91. The highest BCUT2D eigenvalue weighted by Gasteiger charge is 2.51. The molecule has 0 unspecified atom stereocenters. The summed E-state index contributed by atoms with van der Waals surface area (Å²) in [6.07, 6.45) is 5.14. The predicted molar refractivity (Wildman–Crippen MR) is 104 cm³/mol. The quantitative estimate of drug-likeness (QED) is 0.600. The van der Waals surface area contributed by atoms with Gasteiger partial charge in [-0.25, -0.2) is 9.18 Å². The molecule has 1 N–H and O–H groups in total. The number of alkyl halides is 1. The molecule has 1 aliphatic heterocycles. The summed E-state index contributed by atoms with van der Waals surface area (Å²) in [5.74, 6) is -1.11. The summed E-state index contributed by atoms with van der Waals surface area (Å²) < 4.78 is 26.1. The molecule has 0 spiro atoms. The molecular formula is C23H27FO5. The van der Waals surface area contributed by atoms with Gasteiger partial charge in [-0.05, 0) is 25.0 Å². The lowest BCUT2D eigenvalue weighted by molar-refractivity contribution is -0.141. The number of esters is 2. The molecule has 2 aliphatic carbocycles. The van der Waals surface area contributed by atoms with Crippen LogP contribution in [0.15, 0.2) is 42.5 Å². The van der Waals surface area contributed by atoms with E-state index in [1.807, 2.05) is 6.07 Å². The van der Waals surface area contributed by atoms with Crippen LogP contribution in [0.4, 0.5) is 4.39 Å². The van der Waals surface area contributed by atoms with Crippen molar-refractivity contribution >= 4 is 11.9 Å². The predicted octanol–water partition coefficient (Wildman–Crippen LogP) is 3.75. The largest absolute Gasteiger partial charge is 0.462 e. The third kappa shape index (κ3) is 4.22. The molecule has 5 nitrogen and oxygen atoms in total. The molecule has 1 aromatic rings. The maximum Gasteiger partial charge on any atom is 0.338 e. The zero-order valence-electron chi connectivity index (χ0n) is 16.3. The molecule has 2 saturated carbocycles. The third-order valence-electron chi connectivity index (χ3n) is 6.55. The summed E-state index contributed by atoms with van der Waals surface area (Å²) in [4.78, 5) is 24.2. The molecule has 1 heterocycles. The van der Waals surface area contributed by atoms with Gasteiger partial charge in [0.25, 0.3) is 0 Å². The van der Waals surface area contributed by atoms with Crippen LogP contribution in [-0.2, 0) is 14.3 Å². The highest BCUT2D eigenvalue weighted by Crippen LogP contribution is 2.44. The Kier molecular flexibility index (Phi) is 5.72. The standard InChI is InChI=1S/C23H27FO5/c24-23(11-5-2-6-12-23)20(25)10-9-16-17-13-21(26)28-19(17)14-18(16)29-22(27)15-7-3-1-4-8-15/h1,3-4,7-10,16-20,25H,2,5-6,11-14H2/t16-,17-,18-,19+,20+/m0/s1. The van der Waals surface area contributed by atoms with E-state index < -0.39 is 23.8 Å². The highest BCUT2D eigenvalue weighted by atomic mass is 19.1. The zero-order chi connectivity index (χ0) is 20.4. The van der Waals surface area contributed by atoms with E-state index in [1.165, 1.54) is 6.08 Å². The average Bonchev–Trinajstić information content (AvgIpc) is 3.23. The SMILES string of the molecule is O=C1C[C@H]2[C@H](C=C[C@@H](O)C3(F)CCCCC3)[C@@H](OC(=O)c3ccccc3)C[C@H]2O1. The summed E-state index contributed by atoms with van der Waals surface area (Å²) in [6, 6.07) is 8.72. The van der Waals surface area contributed by atoms with Crippen molar-refractivity contribution in [2.24, 2.45) is 11.8 Å². The number of aliphatic hydroxyl groups excluding tert-OH is 1. The lowest BCUT2D eigenvalue weighted by Gasteiger charge is -2.32. The summed E-state index contributed by atoms with van der Waals surface area (Å²) in [6.45, 7) is 0. The number of ether oxygens (including phenoxy) is 2. The van der Waals surface area contributed by atoms with E-state index in [0.717, 1.165) is 19.3 Å². The van der Waals surface area contributed by atoms with Gasteiger partial charge in [-0.2, -0.15) is 0 Å². The maximum absolute atomic E-state index is 15.0. The second kappa shape index (κ2) is 8.27. The molecule has 1 saturated heterocycles. The molecule has 4 rings (SSSR count). The van der Waals surface area contributed by atoms with Crippen LogP contribution in [0.3, 0.4) is 0 Å². The van der Waals surface area contributed by atoms with E-state index >= 15 is 4.39 Å². The number of carbonyl (C=O) groups is 2. The third-order valence-corrected chi connectivity index (χ3v) is 6.55. The number of aliphatic hydroxyl groups is 1. The van der Waals surface area contributed by atoms with Crippen LogP contribution >= 0.6 is 0 Å². The molecule has 0 aromatic heterocycles. The summed E-state index contributed by atoms with van der Waals surface area (Å²) in [5, 5.41) is 10.5. The average molecular weight is 402 g/mol. The van der Waals surface area contributed by atoms with Gasteiger partial charge in [0.15, 0.2) is 0 Å². The minimum Gasteiger partial charge on any atom is -0.462 e. The van der Waals surface area contributed by atoms with Crippen LogP contribution in [0.1, 0.15) is 55.3 Å². The molecule has 0 amide bonds. The maximum atomic E-state index is 15.0. The van der Waals surface area contributed by atoms with Crippen molar-refractivity contribution in [3.8, 4) is 0 Å². The van der Waals surface area contributed by atoms with Crippen LogP contribution in [0.25, 0.3) is 0 Å². The molecule has 3 fully saturated rings. The van der Waals surface area contributed by atoms with Gasteiger partial charge in [-0.3, -0.25) is 4.79 Å². The number of benzene rings is 1. The Morgan fingerprint density at radius 2 is 1.97 bits per heavy atom. The number of hydrogen-bond donors (Lipinski definition) is 1. The molecule has 5 atom stereocenters. The van der Waals surface area contributed by atoms with E-state index in [0.29, 0.717) is 24.8 Å². The number of carbonyl (C=O) groups excluding carboxylic acids is 2. The van der Waals surface area contributed by atoms with E-state index in [2.05, 4.69) is 0 Å². The number of hydrogen-bond acceptors (Lipinski definition) is 5. The molecule has 1 aromatic carbocycles. The van der Waals surface area contributed by atoms with Gasteiger partial charge in [0.05, 0.1) is 12.0 Å². The Balaban J connectivity index is 1.49. The second-order valence-corrected chi connectivity index (χ2v) is 8.44. The van der Waals surface area contributed by atoms with Crippen LogP contribution < -0.4 is 0 Å². The molecular weight excluding hydrogens is 375 g/mol. The minimum absolute atomic E-state index is 0.124. The lowest BCUT2D eigenvalue weighted by Crippen LogP contribution is -2.38. The Labute approximate surface area is 169 Å². The van der Waals surface area contributed by atoms with E-state index in [1.54, 1.807) is 30.3 Å². The van der Waals surface area contributed by atoms with E-state index in [-0.39, 0.29) is 30.3 Å². The van der Waals surface area contributed by atoms with Crippen molar-refractivity contribution in [2.45, 2.75) is 68.9 Å². The Morgan fingerprint density at radius 1 is 1.24 bits per heavy atom. The number of halogens is 1.